The van der Waals surface area contributed by atoms with Crippen molar-refractivity contribution in [2.45, 2.75) is 57.1 Å². The van der Waals surface area contributed by atoms with Crippen molar-refractivity contribution >= 4 is 12.0 Å². The first-order chi connectivity index (χ1) is 28.1. The van der Waals surface area contributed by atoms with E-state index in [1.54, 1.807) is 24.3 Å². The van der Waals surface area contributed by atoms with Gasteiger partial charge in [0.25, 0.3) is 0 Å². The van der Waals surface area contributed by atoms with Gasteiger partial charge in [-0.05, 0) is 45.5 Å². The molecule has 6 aromatic rings. The highest BCUT2D eigenvalue weighted by Gasteiger charge is 2.50. The lowest BCUT2D eigenvalue weighted by molar-refractivity contribution is -0.310. The van der Waals surface area contributed by atoms with Crippen LogP contribution in [-0.4, -0.2) is 54.5 Å². The molecule has 0 radical (unpaired) electrons. The highest BCUT2D eigenvalue weighted by atomic mass is 16.7. The Morgan fingerprint density at radius 1 is 0.544 bits per heavy atom. The molecule has 1 unspecified atom stereocenters. The monoisotopic (exact) mass is 763 g/mol. The molecule has 0 spiro atoms. The average molecular weight is 764 g/mol. The maximum absolute atomic E-state index is 13.0. The molecule has 1 saturated heterocycles. The molecule has 1 N–H and O–H groups in total. The van der Waals surface area contributed by atoms with Crippen molar-refractivity contribution in [3.05, 3.63) is 198 Å². The summed E-state index contributed by atoms with van der Waals surface area (Å²) in [7, 11) is 0. The molecule has 0 amide bonds. The third kappa shape index (κ3) is 10.9. The van der Waals surface area contributed by atoms with Crippen molar-refractivity contribution in [3.8, 4) is 16.9 Å². The first-order valence-electron chi connectivity index (χ1n) is 19.0. The summed E-state index contributed by atoms with van der Waals surface area (Å²) in [5, 5.41) is 12.1. The minimum atomic E-state index is -1.08. The fraction of sp³-hybridized carbons (Fsp3) is 0.208. The number of hydrogen-bond donors (Lipinski definition) is 1. The Morgan fingerprint density at radius 3 is 1.60 bits per heavy atom. The Hall–Kier alpha value is -5.94. The third-order valence-corrected chi connectivity index (χ3v) is 9.63. The van der Waals surface area contributed by atoms with Crippen molar-refractivity contribution in [3.63, 3.8) is 0 Å². The van der Waals surface area contributed by atoms with Crippen molar-refractivity contribution in [2.75, 3.05) is 6.61 Å². The van der Waals surface area contributed by atoms with Gasteiger partial charge >= 0.3 is 0 Å². The zero-order chi connectivity index (χ0) is 39.1. The SMILES string of the molecule is O=C(C=NO)c1ccccc1OC1O[C@H](COCc2ccc(-c3ccccc3)cc2)[C@@H](OCc2ccccc2)[C@H](OCc2ccccc2)[C@H]1OCc1ccccc1. The minimum Gasteiger partial charge on any atom is -0.461 e. The van der Waals surface area contributed by atoms with Gasteiger partial charge in [0.2, 0.25) is 12.1 Å². The van der Waals surface area contributed by atoms with E-state index in [1.807, 2.05) is 109 Å². The molecular weight excluding hydrogens is 719 g/mol. The van der Waals surface area contributed by atoms with E-state index < -0.39 is 36.5 Å². The van der Waals surface area contributed by atoms with E-state index in [0.29, 0.717) is 6.61 Å². The Morgan fingerprint density at radius 2 is 1.02 bits per heavy atom. The lowest BCUT2D eigenvalue weighted by Crippen LogP contribution is -2.62. The molecule has 57 heavy (non-hydrogen) atoms. The molecule has 1 fully saturated rings. The second kappa shape index (κ2) is 20.3. The van der Waals surface area contributed by atoms with Crippen LogP contribution in [0.2, 0.25) is 0 Å². The summed E-state index contributed by atoms with van der Waals surface area (Å²) in [6.45, 7) is 1.23. The first kappa shape index (κ1) is 39.3. The van der Waals surface area contributed by atoms with Gasteiger partial charge in [0.15, 0.2) is 0 Å². The largest absolute Gasteiger partial charge is 0.461 e. The molecule has 0 bridgehead atoms. The summed E-state index contributed by atoms with van der Waals surface area (Å²) < 4.78 is 40.1. The van der Waals surface area contributed by atoms with Crippen molar-refractivity contribution in [2.24, 2.45) is 5.16 Å². The van der Waals surface area contributed by atoms with Crippen LogP contribution in [0, 0.1) is 0 Å². The highest BCUT2D eigenvalue weighted by Crippen LogP contribution is 2.33. The Bertz CT molecular complexity index is 2130. The molecule has 5 atom stereocenters. The summed E-state index contributed by atoms with van der Waals surface area (Å²) >= 11 is 0. The number of para-hydroxylation sites is 1. The van der Waals surface area contributed by atoms with Gasteiger partial charge in [-0.1, -0.05) is 163 Å². The highest BCUT2D eigenvalue weighted by molar-refractivity contribution is 6.36. The first-order valence-corrected chi connectivity index (χ1v) is 19.0. The number of benzene rings is 6. The molecule has 290 valence electrons. The predicted octanol–water partition coefficient (Wildman–Crippen LogP) is 9.07. The van der Waals surface area contributed by atoms with Gasteiger partial charge in [0.1, 0.15) is 36.4 Å². The molecule has 7 rings (SSSR count). The summed E-state index contributed by atoms with van der Waals surface area (Å²) in [5.41, 5.74) is 6.34. The molecule has 1 aliphatic rings. The van der Waals surface area contributed by atoms with E-state index in [0.717, 1.165) is 39.6 Å². The average Bonchev–Trinajstić information content (AvgIpc) is 3.27. The zero-order valence-electron chi connectivity index (χ0n) is 31.4. The Labute approximate surface area is 333 Å². The van der Waals surface area contributed by atoms with Crippen molar-refractivity contribution < 1.29 is 38.4 Å². The van der Waals surface area contributed by atoms with Crippen molar-refractivity contribution in [1.29, 1.82) is 0 Å². The number of hydrogen-bond acceptors (Lipinski definition) is 9. The van der Waals surface area contributed by atoms with Crippen LogP contribution in [0.5, 0.6) is 5.75 Å². The van der Waals surface area contributed by atoms with Gasteiger partial charge in [-0.3, -0.25) is 4.79 Å². The number of oxime groups is 1. The number of rotatable bonds is 18. The smallest absolute Gasteiger partial charge is 0.229 e. The lowest BCUT2D eigenvalue weighted by Gasteiger charge is -2.45. The second-order valence-electron chi connectivity index (χ2n) is 13.6. The van der Waals surface area contributed by atoms with Gasteiger partial charge in [-0.15, -0.1) is 0 Å². The Balaban J connectivity index is 1.21. The van der Waals surface area contributed by atoms with Crippen LogP contribution in [0.25, 0.3) is 11.1 Å². The molecule has 1 heterocycles. The van der Waals surface area contributed by atoms with E-state index in [-0.39, 0.29) is 37.7 Å². The number of Topliss-reactive ketones (excluding diaryl/α,β-unsaturated/α-hetero) is 1. The van der Waals surface area contributed by atoms with Crippen LogP contribution in [0.15, 0.2) is 175 Å². The molecule has 9 nitrogen and oxygen atoms in total. The molecule has 6 aromatic carbocycles. The molecule has 0 saturated carbocycles. The van der Waals surface area contributed by atoms with Gasteiger partial charge in [-0.2, -0.15) is 0 Å². The second-order valence-corrected chi connectivity index (χ2v) is 13.6. The van der Waals surface area contributed by atoms with E-state index in [1.165, 1.54) is 0 Å². The maximum atomic E-state index is 13.0. The van der Waals surface area contributed by atoms with E-state index in [9.17, 15) is 4.79 Å². The topological polar surface area (TPSA) is 105 Å². The van der Waals surface area contributed by atoms with Crippen LogP contribution in [0.3, 0.4) is 0 Å². The summed E-state index contributed by atoms with van der Waals surface area (Å²) in [6, 6.07) is 54.9. The maximum Gasteiger partial charge on any atom is 0.229 e. The van der Waals surface area contributed by atoms with Crippen LogP contribution in [0.1, 0.15) is 32.6 Å². The molecular formula is C48H45NO8. The fourth-order valence-corrected chi connectivity index (χ4v) is 6.71. The standard InChI is InChI=1S/C48H45NO8/c50-42(29-49-51)41-23-13-14-24-43(41)56-48-47(55-33-37-19-9-3-10-20-37)46(54-32-36-17-7-2-8-18-36)45(53-31-35-15-5-1-6-16-35)44(57-48)34-52-30-38-25-27-40(28-26-38)39-21-11-4-12-22-39/h1-29,44-48,51H,30-34H2/t44-,45-,46+,47-,48?/m1/s1. The number of carbonyl (C=O) groups is 1. The van der Waals surface area contributed by atoms with E-state index in [4.69, 9.17) is 33.6 Å². The van der Waals surface area contributed by atoms with Gasteiger partial charge in [-0.25, -0.2) is 0 Å². The minimum absolute atomic E-state index is 0.133. The van der Waals surface area contributed by atoms with Gasteiger partial charge in [0.05, 0.1) is 38.6 Å². The van der Waals surface area contributed by atoms with Gasteiger partial charge in [0, 0.05) is 0 Å². The molecule has 0 aromatic heterocycles. The van der Waals surface area contributed by atoms with Gasteiger partial charge < -0.3 is 33.6 Å². The zero-order valence-corrected chi connectivity index (χ0v) is 31.4. The summed E-state index contributed by atoms with van der Waals surface area (Å²) in [6.07, 6.45) is -3.18. The van der Waals surface area contributed by atoms with Crippen LogP contribution >= 0.6 is 0 Å². The number of carbonyl (C=O) groups excluding carboxylic acids is 1. The normalized spacial score (nSPS) is 19.3. The summed E-state index contributed by atoms with van der Waals surface area (Å²) in [5.74, 6) is -0.311. The number of ketones is 1. The Kier molecular flexibility index (Phi) is 14.0. The fourth-order valence-electron chi connectivity index (χ4n) is 6.71. The lowest BCUT2D eigenvalue weighted by atomic mass is 9.97. The van der Waals surface area contributed by atoms with Crippen LogP contribution in [0.4, 0.5) is 0 Å². The number of ether oxygens (including phenoxy) is 6. The van der Waals surface area contributed by atoms with Crippen LogP contribution < -0.4 is 4.74 Å². The molecule has 9 heteroatoms. The predicted molar refractivity (Wildman–Crippen MR) is 217 cm³/mol. The summed E-state index contributed by atoms with van der Waals surface area (Å²) in [4.78, 5) is 13.0. The number of nitrogens with zero attached hydrogens (tertiary/aromatic N) is 1. The van der Waals surface area contributed by atoms with Crippen molar-refractivity contribution in [1.82, 2.24) is 0 Å². The van der Waals surface area contributed by atoms with E-state index in [2.05, 4.69) is 41.6 Å². The third-order valence-electron chi connectivity index (χ3n) is 9.63. The molecule has 0 aliphatic carbocycles. The van der Waals surface area contributed by atoms with E-state index >= 15 is 0 Å². The van der Waals surface area contributed by atoms with Crippen LogP contribution in [-0.2, 0) is 50.1 Å². The molecule has 1 aliphatic heterocycles. The quantitative estimate of drug-likeness (QED) is 0.0400.